The zero-order chi connectivity index (χ0) is 30.6. The first-order chi connectivity index (χ1) is 19.8. The monoisotopic (exact) mass is 600 g/mol. The van der Waals surface area contributed by atoms with Crippen molar-refractivity contribution >= 4 is 32.4 Å². The molecule has 2 unspecified atom stereocenters. The quantitative estimate of drug-likeness (QED) is 0.163. The van der Waals surface area contributed by atoms with Gasteiger partial charge in [-0.25, -0.2) is 23.4 Å². The molecule has 0 bridgehead atoms. The number of Topliss-reactive ketones (excluding diaryl/α,β-unsaturated/α-hetero) is 1. The van der Waals surface area contributed by atoms with Crippen LogP contribution < -0.4 is 16.3 Å². The number of ketones is 1. The number of rotatable bonds is 12. The highest BCUT2D eigenvalue weighted by Crippen LogP contribution is 2.29. The maximum Gasteiger partial charge on any atom is 0.218 e. The molecule has 0 saturated carbocycles. The number of hydrazine groups is 1. The standard InChI is InChI=1S/C31H45FN6O3S/c1-20(2)15-24-5-8-29(21(3)16-24)42(40,41)35-11-14-37-12-9-23(10-13-37)18-38(34)19-27(33)30-26-17-25(32)6-7-28(26)36-31(30)22(4)39/h5-8,16-17,19-21,23,29,35-36H,9-15,18,33-34H2,1-4H3/b27-19-. The first-order valence-electron chi connectivity index (χ1n) is 14.7. The predicted molar refractivity (Wildman–Crippen MR) is 167 cm³/mol. The van der Waals surface area contributed by atoms with Gasteiger partial charge in [0.15, 0.2) is 5.78 Å². The Balaban J connectivity index is 1.25. The lowest BCUT2D eigenvalue weighted by Gasteiger charge is -2.33. The van der Waals surface area contributed by atoms with Gasteiger partial charge < -0.3 is 20.6 Å². The van der Waals surface area contributed by atoms with Gasteiger partial charge in [-0.2, -0.15) is 0 Å². The van der Waals surface area contributed by atoms with E-state index in [0.29, 0.717) is 53.6 Å². The van der Waals surface area contributed by atoms with Crippen molar-refractivity contribution in [3.05, 3.63) is 65.3 Å². The summed E-state index contributed by atoms with van der Waals surface area (Å²) in [4.78, 5) is 17.5. The van der Waals surface area contributed by atoms with Gasteiger partial charge in [0, 0.05) is 49.2 Å². The highest BCUT2D eigenvalue weighted by atomic mass is 32.2. The lowest BCUT2D eigenvalue weighted by atomic mass is 9.92. The first kappa shape index (κ1) is 31.9. The number of sulfonamides is 1. The van der Waals surface area contributed by atoms with Gasteiger partial charge in [-0.15, -0.1) is 0 Å². The van der Waals surface area contributed by atoms with E-state index in [9.17, 15) is 17.6 Å². The van der Waals surface area contributed by atoms with Crippen LogP contribution >= 0.6 is 0 Å². The van der Waals surface area contributed by atoms with E-state index in [4.69, 9.17) is 11.6 Å². The number of nitrogens with zero attached hydrogens (tertiary/aromatic N) is 2. The molecule has 230 valence electrons. The molecule has 6 N–H and O–H groups in total. The van der Waals surface area contributed by atoms with E-state index in [1.807, 2.05) is 19.1 Å². The summed E-state index contributed by atoms with van der Waals surface area (Å²) < 4.78 is 42.7. The molecule has 1 fully saturated rings. The maximum absolute atomic E-state index is 13.9. The van der Waals surface area contributed by atoms with Gasteiger partial charge in [0.05, 0.1) is 16.6 Å². The second-order valence-corrected chi connectivity index (χ2v) is 14.1. The zero-order valence-corrected chi connectivity index (χ0v) is 25.9. The van der Waals surface area contributed by atoms with Gasteiger partial charge in [0.25, 0.3) is 0 Å². The minimum absolute atomic E-state index is 0.0644. The van der Waals surface area contributed by atoms with Crippen LogP contribution in [0, 0.1) is 23.6 Å². The van der Waals surface area contributed by atoms with E-state index in [0.717, 1.165) is 32.4 Å². The Labute approximate surface area is 248 Å². The summed E-state index contributed by atoms with van der Waals surface area (Å²) in [5.74, 6) is 6.48. The van der Waals surface area contributed by atoms with Gasteiger partial charge in [-0.05, 0) is 68.3 Å². The number of benzene rings is 1. The number of hydrogen-bond acceptors (Lipinski definition) is 7. The minimum Gasteiger partial charge on any atom is -0.397 e. The summed E-state index contributed by atoms with van der Waals surface area (Å²) in [6.07, 6.45) is 10.3. The van der Waals surface area contributed by atoms with E-state index >= 15 is 0 Å². The zero-order valence-electron chi connectivity index (χ0n) is 25.1. The number of piperidine rings is 1. The number of halogens is 1. The third kappa shape index (κ3) is 7.89. The van der Waals surface area contributed by atoms with Crippen LogP contribution in [0.1, 0.15) is 63.0 Å². The molecule has 1 saturated heterocycles. The molecule has 0 amide bonds. The molecule has 0 radical (unpaired) electrons. The number of aromatic nitrogens is 1. The molecule has 1 aromatic carbocycles. The molecular formula is C31H45FN6O3S. The fourth-order valence-electron chi connectivity index (χ4n) is 6.03. The van der Waals surface area contributed by atoms with Crippen LogP contribution in [0.15, 0.2) is 48.2 Å². The number of carbonyl (C=O) groups is 1. The SMILES string of the molecule is CC(=O)c1[nH]c2ccc(F)cc2c1/C(N)=C/N(N)CC1CCN(CCNS(=O)(=O)C2C=CC(CC(C)C)=CC2C)CC1. The fraction of sp³-hybridized carbons (Fsp3) is 0.516. The highest BCUT2D eigenvalue weighted by molar-refractivity contribution is 7.90. The van der Waals surface area contributed by atoms with E-state index in [1.54, 1.807) is 12.3 Å². The van der Waals surface area contributed by atoms with Crippen LogP contribution in [0.2, 0.25) is 0 Å². The van der Waals surface area contributed by atoms with Crippen LogP contribution in [0.5, 0.6) is 0 Å². The van der Waals surface area contributed by atoms with Crippen LogP contribution in [0.4, 0.5) is 4.39 Å². The molecule has 9 nitrogen and oxygen atoms in total. The van der Waals surface area contributed by atoms with Crippen molar-refractivity contribution in [2.45, 2.75) is 52.2 Å². The Bertz CT molecular complexity index is 1470. The Morgan fingerprint density at radius 1 is 1.29 bits per heavy atom. The van der Waals surface area contributed by atoms with Crippen LogP contribution in [0.3, 0.4) is 0 Å². The van der Waals surface area contributed by atoms with E-state index in [2.05, 4.69) is 34.5 Å². The van der Waals surface area contributed by atoms with Gasteiger partial charge in [0.1, 0.15) is 5.82 Å². The number of allylic oxidation sites excluding steroid dienone is 3. The number of nitrogens with two attached hydrogens (primary N) is 2. The Morgan fingerprint density at radius 3 is 2.64 bits per heavy atom. The highest BCUT2D eigenvalue weighted by Gasteiger charge is 2.30. The molecular weight excluding hydrogens is 555 g/mol. The van der Waals surface area contributed by atoms with E-state index < -0.39 is 21.1 Å². The number of nitrogens with one attached hydrogen (secondary N) is 2. The van der Waals surface area contributed by atoms with Crippen molar-refractivity contribution in [2.24, 2.45) is 29.3 Å². The van der Waals surface area contributed by atoms with E-state index in [1.165, 1.54) is 29.6 Å². The fourth-order valence-corrected chi connectivity index (χ4v) is 7.53. The van der Waals surface area contributed by atoms with Crippen LogP contribution in [-0.4, -0.2) is 67.1 Å². The normalized spacial score (nSPS) is 20.8. The van der Waals surface area contributed by atoms with Gasteiger partial charge in [0.2, 0.25) is 10.0 Å². The summed E-state index contributed by atoms with van der Waals surface area (Å²) in [6, 6.07) is 4.28. The molecule has 2 atom stereocenters. The van der Waals surface area contributed by atoms with Gasteiger partial charge in [-0.1, -0.05) is 44.6 Å². The number of aromatic amines is 1. The van der Waals surface area contributed by atoms with Gasteiger partial charge in [-0.3, -0.25) is 4.79 Å². The minimum atomic E-state index is -3.46. The van der Waals surface area contributed by atoms with Crippen molar-refractivity contribution in [3.8, 4) is 0 Å². The van der Waals surface area contributed by atoms with Gasteiger partial charge >= 0.3 is 0 Å². The summed E-state index contributed by atoms with van der Waals surface area (Å²) >= 11 is 0. The summed E-state index contributed by atoms with van der Waals surface area (Å²) in [6.45, 7) is 11.0. The smallest absolute Gasteiger partial charge is 0.218 e. The molecule has 2 aromatic rings. The largest absolute Gasteiger partial charge is 0.397 e. The molecule has 42 heavy (non-hydrogen) atoms. The molecule has 0 spiro atoms. The second kappa shape index (κ2) is 13.5. The summed E-state index contributed by atoms with van der Waals surface area (Å²) in [7, 11) is -3.46. The van der Waals surface area contributed by atoms with Crippen LogP contribution in [0.25, 0.3) is 16.6 Å². The third-order valence-corrected chi connectivity index (χ3v) is 10.0. The first-order valence-corrected chi connectivity index (χ1v) is 16.3. The average Bonchev–Trinajstić information content (AvgIpc) is 3.28. The van der Waals surface area contributed by atoms with Crippen molar-refractivity contribution < 1.29 is 17.6 Å². The number of fused-ring (bicyclic) bond motifs is 1. The molecule has 1 aliphatic carbocycles. The molecule has 11 heteroatoms. The Hall–Kier alpha value is -2.99. The van der Waals surface area contributed by atoms with Crippen molar-refractivity contribution in [1.29, 1.82) is 0 Å². The van der Waals surface area contributed by atoms with Crippen molar-refractivity contribution in [2.75, 3.05) is 32.7 Å². The number of likely N-dealkylation sites (tertiary alicyclic amines) is 1. The average molecular weight is 601 g/mol. The van der Waals surface area contributed by atoms with Crippen molar-refractivity contribution in [3.63, 3.8) is 0 Å². The molecule has 2 aliphatic rings. The lowest BCUT2D eigenvalue weighted by molar-refractivity contribution is 0.101. The summed E-state index contributed by atoms with van der Waals surface area (Å²) in [5.41, 5.74) is 9.27. The Morgan fingerprint density at radius 2 is 2.00 bits per heavy atom. The molecule has 1 aromatic heterocycles. The summed E-state index contributed by atoms with van der Waals surface area (Å²) in [5, 5.41) is 1.52. The van der Waals surface area contributed by atoms with Crippen molar-refractivity contribution in [1.82, 2.24) is 19.6 Å². The van der Waals surface area contributed by atoms with Crippen LogP contribution in [-0.2, 0) is 10.0 Å². The second-order valence-electron chi connectivity index (χ2n) is 12.1. The van der Waals surface area contributed by atoms with E-state index in [-0.39, 0.29) is 17.4 Å². The Kier molecular flexibility index (Phi) is 10.3. The number of hydrogen-bond donors (Lipinski definition) is 4. The molecule has 4 rings (SSSR count). The predicted octanol–water partition coefficient (Wildman–Crippen LogP) is 4.12. The number of carbonyl (C=O) groups excluding carboxylic acids is 1. The topological polar surface area (TPSA) is 138 Å². The maximum atomic E-state index is 13.9. The molecule has 1 aliphatic heterocycles. The number of H-pyrrole nitrogens is 1. The third-order valence-electron chi connectivity index (χ3n) is 8.11. The molecule has 2 heterocycles. The lowest BCUT2D eigenvalue weighted by Crippen LogP contribution is -2.44.